The lowest BCUT2D eigenvalue weighted by Gasteiger charge is -2.18. The largest absolute Gasteiger partial charge is 0.393 e. The number of sulfonamides is 1. The molecule has 0 aromatic heterocycles. The molecule has 2 fully saturated rings. The van der Waals surface area contributed by atoms with Crippen molar-refractivity contribution in [1.29, 1.82) is 0 Å². The zero-order valence-electron chi connectivity index (χ0n) is 10.4. The van der Waals surface area contributed by atoms with Gasteiger partial charge in [-0.15, -0.1) is 0 Å². The van der Waals surface area contributed by atoms with Gasteiger partial charge in [0.1, 0.15) is 0 Å². The number of hydrogen-bond acceptors (Lipinski definition) is 3. The Kier molecular flexibility index (Phi) is 4.13. The Hall–Kier alpha value is -0.340. The third-order valence-corrected chi connectivity index (χ3v) is 5.93. The van der Waals surface area contributed by atoms with Crippen LogP contribution in [0.15, 0.2) is 0 Å². The Bertz CT molecular complexity index is 423. The molecular weight excluding hydrogens is 283 g/mol. The molecule has 1 N–H and O–H groups in total. The van der Waals surface area contributed by atoms with E-state index in [4.69, 9.17) is 0 Å². The summed E-state index contributed by atoms with van der Waals surface area (Å²) in [6.07, 6.45) is -4.78. The molecular formula is C11H18F3NO3S. The first-order valence-electron chi connectivity index (χ1n) is 6.42. The van der Waals surface area contributed by atoms with Crippen molar-refractivity contribution in [2.75, 3.05) is 18.8 Å². The van der Waals surface area contributed by atoms with Crippen LogP contribution in [0.4, 0.5) is 13.2 Å². The highest BCUT2D eigenvalue weighted by Gasteiger charge is 2.45. The highest BCUT2D eigenvalue weighted by molar-refractivity contribution is 7.89. The van der Waals surface area contributed by atoms with Crippen LogP contribution < -0.4 is 0 Å². The highest BCUT2D eigenvalue weighted by atomic mass is 32.2. The minimum absolute atomic E-state index is 0.0441. The Morgan fingerprint density at radius 1 is 1.21 bits per heavy atom. The molecule has 112 valence electrons. The third-order valence-electron chi connectivity index (χ3n) is 4.04. The van der Waals surface area contributed by atoms with Crippen LogP contribution in [0.1, 0.15) is 25.7 Å². The molecule has 19 heavy (non-hydrogen) atoms. The van der Waals surface area contributed by atoms with Crippen LogP contribution >= 0.6 is 0 Å². The van der Waals surface area contributed by atoms with Gasteiger partial charge in [0.05, 0.1) is 11.9 Å². The van der Waals surface area contributed by atoms with Crippen molar-refractivity contribution >= 4 is 10.0 Å². The fraction of sp³-hybridized carbons (Fsp3) is 1.00. The number of halogens is 3. The summed E-state index contributed by atoms with van der Waals surface area (Å²) in [5.41, 5.74) is 0. The molecule has 1 aliphatic carbocycles. The smallest absolute Gasteiger partial charge is 0.389 e. The van der Waals surface area contributed by atoms with Crippen molar-refractivity contribution in [3.05, 3.63) is 0 Å². The van der Waals surface area contributed by atoms with E-state index in [1.807, 2.05) is 0 Å². The molecule has 0 bridgehead atoms. The van der Waals surface area contributed by atoms with Gasteiger partial charge in [0.25, 0.3) is 0 Å². The van der Waals surface area contributed by atoms with E-state index in [0.29, 0.717) is 13.0 Å². The third kappa shape index (κ3) is 3.61. The Morgan fingerprint density at radius 2 is 1.89 bits per heavy atom. The summed E-state index contributed by atoms with van der Waals surface area (Å²) in [7, 11) is -3.63. The van der Waals surface area contributed by atoms with Crippen LogP contribution in [0, 0.1) is 11.8 Å². The molecule has 3 atom stereocenters. The maximum absolute atomic E-state index is 12.0. The number of rotatable bonds is 4. The second-order valence-corrected chi connectivity index (χ2v) is 7.51. The van der Waals surface area contributed by atoms with E-state index >= 15 is 0 Å². The van der Waals surface area contributed by atoms with Crippen molar-refractivity contribution in [2.24, 2.45) is 11.8 Å². The predicted molar refractivity (Wildman–Crippen MR) is 62.9 cm³/mol. The van der Waals surface area contributed by atoms with Gasteiger partial charge in [0.2, 0.25) is 10.0 Å². The molecule has 1 heterocycles. The average molecular weight is 301 g/mol. The molecule has 0 amide bonds. The Balaban J connectivity index is 1.88. The summed E-state index contributed by atoms with van der Waals surface area (Å²) in [5.74, 6) is -0.355. The minimum Gasteiger partial charge on any atom is -0.393 e. The number of aliphatic hydroxyl groups is 1. The van der Waals surface area contributed by atoms with Gasteiger partial charge in [-0.25, -0.2) is 12.7 Å². The first-order chi connectivity index (χ1) is 8.69. The standard InChI is InChI=1S/C11H18F3NO3S/c12-11(13,14)4-1-5-19(17,18)15-6-8-2-3-10(16)9(8)7-15/h8-10,16H,1-7H2. The van der Waals surface area contributed by atoms with Crippen molar-refractivity contribution in [3.8, 4) is 0 Å². The second-order valence-electron chi connectivity index (χ2n) is 5.42. The molecule has 1 aliphatic heterocycles. The lowest BCUT2D eigenvalue weighted by molar-refractivity contribution is -0.134. The minimum atomic E-state index is -4.31. The van der Waals surface area contributed by atoms with Crippen LogP contribution in [0.25, 0.3) is 0 Å². The lowest BCUT2D eigenvalue weighted by Crippen LogP contribution is -2.33. The molecule has 4 nitrogen and oxygen atoms in total. The van der Waals surface area contributed by atoms with Gasteiger partial charge < -0.3 is 5.11 Å². The van der Waals surface area contributed by atoms with Gasteiger partial charge in [-0.1, -0.05) is 0 Å². The van der Waals surface area contributed by atoms with Crippen molar-refractivity contribution in [2.45, 2.75) is 38.0 Å². The number of nitrogens with zero attached hydrogens (tertiary/aromatic N) is 1. The van der Waals surface area contributed by atoms with Gasteiger partial charge in [-0.3, -0.25) is 0 Å². The van der Waals surface area contributed by atoms with E-state index in [2.05, 4.69) is 0 Å². The quantitative estimate of drug-likeness (QED) is 0.853. The zero-order valence-corrected chi connectivity index (χ0v) is 11.3. The monoisotopic (exact) mass is 301 g/mol. The highest BCUT2D eigenvalue weighted by Crippen LogP contribution is 2.39. The maximum Gasteiger partial charge on any atom is 0.389 e. The molecule has 0 spiro atoms. The van der Waals surface area contributed by atoms with Gasteiger partial charge in [0, 0.05) is 25.4 Å². The molecule has 1 saturated carbocycles. The topological polar surface area (TPSA) is 57.6 Å². The van der Waals surface area contributed by atoms with Crippen LogP contribution in [0.5, 0.6) is 0 Å². The van der Waals surface area contributed by atoms with E-state index in [1.165, 1.54) is 4.31 Å². The molecule has 0 aromatic carbocycles. The Labute approximate surface area is 110 Å². The number of alkyl halides is 3. The summed E-state index contributed by atoms with van der Waals surface area (Å²) < 4.78 is 61.1. The van der Waals surface area contributed by atoms with Crippen molar-refractivity contribution in [1.82, 2.24) is 4.31 Å². The maximum atomic E-state index is 12.0. The van der Waals surface area contributed by atoms with E-state index in [-0.39, 0.29) is 18.4 Å². The van der Waals surface area contributed by atoms with Crippen LogP contribution in [-0.2, 0) is 10.0 Å². The first-order valence-corrected chi connectivity index (χ1v) is 8.02. The summed E-state index contributed by atoms with van der Waals surface area (Å²) in [4.78, 5) is 0. The number of aliphatic hydroxyl groups excluding tert-OH is 1. The molecule has 3 unspecified atom stereocenters. The predicted octanol–water partition coefficient (Wildman–Crippen LogP) is 1.36. The summed E-state index contributed by atoms with van der Waals surface area (Å²) >= 11 is 0. The lowest BCUT2D eigenvalue weighted by atomic mass is 10.00. The molecule has 2 aliphatic rings. The van der Waals surface area contributed by atoms with Gasteiger partial charge in [-0.2, -0.15) is 13.2 Å². The molecule has 8 heteroatoms. The summed E-state index contributed by atoms with van der Waals surface area (Å²) in [6, 6.07) is 0. The van der Waals surface area contributed by atoms with Crippen LogP contribution in [0.3, 0.4) is 0 Å². The van der Waals surface area contributed by atoms with Crippen LogP contribution in [0.2, 0.25) is 0 Å². The molecule has 2 rings (SSSR count). The fourth-order valence-corrected chi connectivity index (χ4v) is 4.59. The first kappa shape index (κ1) is 15.1. The van der Waals surface area contributed by atoms with Gasteiger partial charge in [0.15, 0.2) is 0 Å². The van der Waals surface area contributed by atoms with E-state index in [0.717, 1.165) is 6.42 Å². The fourth-order valence-electron chi connectivity index (χ4n) is 3.01. The zero-order chi connectivity index (χ0) is 14.3. The average Bonchev–Trinajstić information content (AvgIpc) is 2.79. The van der Waals surface area contributed by atoms with E-state index < -0.39 is 40.9 Å². The summed E-state index contributed by atoms with van der Waals surface area (Å²) in [5, 5.41) is 9.70. The van der Waals surface area contributed by atoms with Crippen LogP contribution in [-0.4, -0.2) is 49.0 Å². The van der Waals surface area contributed by atoms with E-state index in [1.54, 1.807) is 0 Å². The molecule has 0 aromatic rings. The van der Waals surface area contributed by atoms with Crippen molar-refractivity contribution < 1.29 is 26.7 Å². The SMILES string of the molecule is O=S(=O)(CCCC(F)(F)F)N1CC2CCC(O)C2C1. The normalized spacial score (nSPS) is 32.7. The number of hydrogen-bond donors (Lipinski definition) is 1. The summed E-state index contributed by atoms with van der Waals surface area (Å²) in [6.45, 7) is 0.594. The van der Waals surface area contributed by atoms with Crippen molar-refractivity contribution in [3.63, 3.8) is 0 Å². The molecule has 1 saturated heterocycles. The Morgan fingerprint density at radius 3 is 2.47 bits per heavy atom. The van der Waals surface area contributed by atoms with E-state index in [9.17, 15) is 26.7 Å². The second kappa shape index (κ2) is 5.21. The van der Waals surface area contributed by atoms with Gasteiger partial charge >= 0.3 is 6.18 Å². The van der Waals surface area contributed by atoms with Gasteiger partial charge in [-0.05, 0) is 25.2 Å². The molecule has 0 radical (unpaired) electrons. The number of fused-ring (bicyclic) bond motifs is 1.